The van der Waals surface area contributed by atoms with Crippen LogP contribution in [0.2, 0.25) is 0 Å². The number of ether oxygens (including phenoxy) is 13. The molecule has 5 aliphatic heterocycles. The third kappa shape index (κ3) is 13.8. The van der Waals surface area contributed by atoms with Crippen LogP contribution in [0.15, 0.2) is 42.0 Å². The van der Waals surface area contributed by atoms with E-state index in [2.05, 4.69) is 40.7 Å². The fourth-order valence-corrected chi connectivity index (χ4v) is 19.0. The number of methoxy groups -OCH3 is 1. The smallest absolute Gasteiger partial charge is 0.335 e. The van der Waals surface area contributed by atoms with E-state index in [0.29, 0.717) is 49.8 Å². The Morgan fingerprint density at radius 2 is 1.24 bits per heavy atom. The molecule has 34 atom stereocenters. The summed E-state index contributed by atoms with van der Waals surface area (Å²) in [5, 5.41) is 144. The van der Waals surface area contributed by atoms with Gasteiger partial charge in [-0.3, -0.25) is 9.59 Å². The molecule has 0 unspecified atom stereocenters. The Kier molecular flexibility index (Phi) is 22.8. The molecule has 5 aliphatic carbocycles. The molecule has 31 heteroatoms. The lowest BCUT2D eigenvalue weighted by Gasteiger charge is -2.71. The van der Waals surface area contributed by atoms with Crippen LogP contribution < -0.4 is 4.74 Å². The molecule has 102 heavy (non-hydrogen) atoms. The molecule has 0 radical (unpaired) electrons. The van der Waals surface area contributed by atoms with Gasteiger partial charge in [-0.1, -0.05) is 65.3 Å². The van der Waals surface area contributed by atoms with Gasteiger partial charge in [0.15, 0.2) is 49.6 Å². The van der Waals surface area contributed by atoms with Gasteiger partial charge in [-0.25, -0.2) is 9.59 Å². The zero-order chi connectivity index (χ0) is 74.4. The molecule has 5 saturated heterocycles. The Morgan fingerprint density at radius 1 is 0.608 bits per heavy atom. The van der Waals surface area contributed by atoms with Crippen LogP contribution in [0.3, 0.4) is 0 Å². The van der Waals surface area contributed by atoms with Crippen LogP contribution in [0, 0.1) is 50.2 Å². The number of fused-ring (bicyclic) bond motifs is 7. The summed E-state index contributed by atoms with van der Waals surface area (Å²) in [5.41, 5.74) is -4.17. The number of aldehydes is 1. The van der Waals surface area contributed by atoms with Crippen molar-refractivity contribution in [2.75, 3.05) is 20.3 Å². The number of aliphatic hydroxyl groups excluding tert-OH is 12. The van der Waals surface area contributed by atoms with Gasteiger partial charge in [-0.2, -0.15) is 0 Å². The van der Waals surface area contributed by atoms with Crippen molar-refractivity contribution >= 4 is 36.2 Å². The van der Waals surface area contributed by atoms with Crippen LogP contribution in [0.1, 0.15) is 126 Å². The number of carboxylic acid groups (broad SMARTS) is 1. The van der Waals surface area contributed by atoms with E-state index in [-0.39, 0.29) is 25.2 Å². The number of rotatable bonds is 18. The first-order valence-electron chi connectivity index (χ1n) is 35.2. The van der Waals surface area contributed by atoms with Gasteiger partial charge in [0.2, 0.25) is 6.29 Å². The van der Waals surface area contributed by atoms with Crippen molar-refractivity contribution in [1.29, 1.82) is 0 Å². The molecular weight excluding hydrogens is 1350 g/mol. The molecular formula is C71H102O31. The van der Waals surface area contributed by atoms with Gasteiger partial charge in [0.1, 0.15) is 96.8 Å². The number of carbonyl (C=O) groups excluding carboxylic acids is 4. The van der Waals surface area contributed by atoms with Gasteiger partial charge in [0.25, 0.3) is 0 Å². The lowest BCUT2D eigenvalue weighted by atomic mass is 9.33. The van der Waals surface area contributed by atoms with Gasteiger partial charge in [-0.05, 0) is 135 Å². The molecule has 1 aromatic carbocycles. The molecule has 0 aromatic heterocycles. The van der Waals surface area contributed by atoms with E-state index in [4.69, 9.17) is 61.6 Å². The molecule has 0 amide bonds. The first-order valence-corrected chi connectivity index (χ1v) is 35.2. The van der Waals surface area contributed by atoms with Crippen molar-refractivity contribution in [3.8, 4) is 5.75 Å². The summed E-state index contributed by atoms with van der Waals surface area (Å²) in [6.07, 6.45) is -37.4. The second kappa shape index (κ2) is 29.8. The maximum absolute atomic E-state index is 16.0. The summed E-state index contributed by atoms with van der Waals surface area (Å²) in [4.78, 5) is 70.2. The van der Waals surface area contributed by atoms with Crippen LogP contribution in [0.4, 0.5) is 0 Å². The van der Waals surface area contributed by atoms with Crippen molar-refractivity contribution in [2.45, 2.75) is 280 Å². The molecule has 9 fully saturated rings. The van der Waals surface area contributed by atoms with E-state index in [1.807, 2.05) is 0 Å². The molecule has 31 nitrogen and oxygen atoms in total. The summed E-state index contributed by atoms with van der Waals surface area (Å²) in [6, 6.07) is 6.78. The highest BCUT2D eigenvalue weighted by molar-refractivity contribution is 5.87. The minimum Gasteiger partial charge on any atom is -0.497 e. The molecule has 5 heterocycles. The second-order valence-corrected chi connectivity index (χ2v) is 31.5. The number of aliphatic carboxylic acids is 1. The van der Waals surface area contributed by atoms with Crippen LogP contribution in [-0.4, -0.2) is 277 Å². The van der Waals surface area contributed by atoms with E-state index in [0.717, 1.165) is 24.9 Å². The van der Waals surface area contributed by atoms with Crippen LogP contribution >= 0.6 is 0 Å². The SMILES string of the molecule is COc1ccc(/C=C/C(=O)O[C@@H]2[C@H](OC(C)=O)[C@@H](O[C@@H]3O[C@@H](C)[C@H](O)[C@@H](O)[C@H]3O)[C@H](OC(=O)[C@]34CCC(C)(C)C[C@H]3C3=CC[C@@H]5[C@@]6(C)CC[C@H](O[C@H]7O[C@@H](C(=O)O)[C@H](O)[C@@H](O[C@H]8OC[C@H](O)[C@@H](O)[C@@H]8O)[C@@H]7O[C@@H]7O[C@H](CO)[C@H](O)[C@H](O)[C@H]7O)[C@@](C)(C=O)[C@@H]6CC[C@@]5(C)[C@]3(C)C[C@H]4O)O[C@@H]2C)cc1. The quantitative estimate of drug-likeness (QED) is 0.0221. The molecule has 13 N–H and O–H groups in total. The van der Waals surface area contributed by atoms with Gasteiger partial charge in [-0.15, -0.1) is 0 Å². The number of aliphatic hydroxyl groups is 12. The van der Waals surface area contributed by atoms with Crippen molar-refractivity contribution in [2.24, 2.45) is 50.2 Å². The van der Waals surface area contributed by atoms with Crippen molar-refractivity contribution < 1.29 is 152 Å². The number of esters is 3. The minimum absolute atomic E-state index is 0.0483. The normalized spacial score (nSPS) is 48.5. The summed E-state index contributed by atoms with van der Waals surface area (Å²) in [6.45, 7) is 14.8. The Morgan fingerprint density at radius 3 is 1.87 bits per heavy atom. The number of carboxylic acids is 1. The van der Waals surface area contributed by atoms with Crippen LogP contribution in [0.25, 0.3) is 6.08 Å². The predicted molar refractivity (Wildman–Crippen MR) is 344 cm³/mol. The Labute approximate surface area is 589 Å². The molecule has 10 aliphatic rings. The highest BCUT2D eigenvalue weighted by atomic mass is 16.8. The zero-order valence-electron chi connectivity index (χ0n) is 58.8. The van der Waals surface area contributed by atoms with E-state index in [1.54, 1.807) is 31.2 Å². The Bertz CT molecular complexity index is 3240. The number of allylic oxidation sites excluding steroid dienone is 2. The largest absolute Gasteiger partial charge is 0.497 e. The lowest BCUT2D eigenvalue weighted by Crippen LogP contribution is -2.69. The predicted octanol–water partition coefficient (Wildman–Crippen LogP) is -0.431. The number of hydrogen-bond acceptors (Lipinski definition) is 30. The van der Waals surface area contributed by atoms with Gasteiger partial charge in [0.05, 0.1) is 50.2 Å². The first kappa shape index (κ1) is 78.3. The van der Waals surface area contributed by atoms with Gasteiger partial charge >= 0.3 is 23.9 Å². The maximum atomic E-state index is 16.0. The molecule has 4 saturated carbocycles. The fraction of sp³-hybridized carbons (Fsp3) is 0.789. The van der Waals surface area contributed by atoms with Crippen molar-refractivity contribution in [3.05, 3.63) is 47.6 Å². The highest BCUT2D eigenvalue weighted by Gasteiger charge is 2.73. The number of hydrogen-bond donors (Lipinski definition) is 13. The standard InChI is InChI=1S/C71H102O31/c1-30-44(78)47(81)50(84)61(92-30)101-58-56(94-32(3)74)53(97-43(77)18-13-33-11-14-34(90-10)15-12-33)31(2)93-63(58)102-65(89)71-24-23-66(4,5)25-36(71)35-16-17-40-67(6)21-20-42(68(7,29-73)39(67)19-22-69(40,8)70(35,9)26-41(71)76)96-64-57(100-62-51(85)48(82)46(80)38(27-72)95-62)54(52(86)55(99-64)59(87)88)98-60-49(83)45(79)37(75)28-91-60/h11-16,18,29-31,36-42,44-58,60-64,72,75-76,78-86H,17,19-28H2,1-10H3,(H,87,88)/b18-13+/t30-,31+,36-,37-,38+,39+,40+,41+,42-,44-,45+,46-,47+,48-,49-,50+,51+,52+,53-,54+,55+,56-,57-,58+,60+,61-,62-,63-,64-,67-,68-,69+,70+,71+/m0/s1. The summed E-state index contributed by atoms with van der Waals surface area (Å²) in [5.74, 6) is -5.21. The molecule has 0 bridgehead atoms. The lowest BCUT2D eigenvalue weighted by molar-refractivity contribution is -0.391. The van der Waals surface area contributed by atoms with Crippen molar-refractivity contribution in [3.63, 3.8) is 0 Å². The Balaban J connectivity index is 0.891. The average Bonchev–Trinajstić information content (AvgIpc) is 0.669. The van der Waals surface area contributed by atoms with Crippen LogP contribution in [-0.2, 0) is 80.8 Å². The topological polar surface area (TPSA) is 468 Å². The minimum atomic E-state index is -2.22. The summed E-state index contributed by atoms with van der Waals surface area (Å²) in [7, 11) is 1.51. The summed E-state index contributed by atoms with van der Waals surface area (Å²) < 4.78 is 78.7. The van der Waals surface area contributed by atoms with Gasteiger partial charge < -0.3 is 133 Å². The van der Waals surface area contributed by atoms with E-state index in [1.165, 1.54) is 27.0 Å². The van der Waals surface area contributed by atoms with E-state index < -0.39 is 241 Å². The van der Waals surface area contributed by atoms with Gasteiger partial charge in [0, 0.05) is 13.0 Å². The molecule has 1 aromatic rings. The fourth-order valence-electron chi connectivity index (χ4n) is 19.0. The van der Waals surface area contributed by atoms with Crippen LogP contribution in [0.5, 0.6) is 5.75 Å². The molecule has 572 valence electrons. The van der Waals surface area contributed by atoms with Crippen molar-refractivity contribution in [1.82, 2.24) is 0 Å². The number of carbonyl (C=O) groups is 5. The van der Waals surface area contributed by atoms with E-state index >= 15 is 4.79 Å². The molecule has 11 rings (SSSR count). The third-order valence-corrected chi connectivity index (χ3v) is 25.1. The number of benzene rings is 1. The summed E-state index contributed by atoms with van der Waals surface area (Å²) >= 11 is 0. The highest BCUT2D eigenvalue weighted by Crippen LogP contribution is 2.76. The average molecular weight is 1450 g/mol. The zero-order valence-corrected chi connectivity index (χ0v) is 58.8. The second-order valence-electron chi connectivity index (χ2n) is 31.5. The maximum Gasteiger partial charge on any atom is 0.335 e. The third-order valence-electron chi connectivity index (χ3n) is 25.1. The monoisotopic (exact) mass is 1450 g/mol. The molecule has 0 spiro atoms. The Hall–Kier alpha value is -4.79. The first-order chi connectivity index (χ1) is 47.9. The van der Waals surface area contributed by atoms with E-state index in [9.17, 15) is 85.6 Å².